The van der Waals surface area contributed by atoms with Gasteiger partial charge in [-0.15, -0.1) is 0 Å². The van der Waals surface area contributed by atoms with Crippen LogP contribution in [0.4, 0.5) is 5.69 Å². The minimum atomic E-state index is -1.04. The van der Waals surface area contributed by atoms with Crippen LogP contribution in [0.2, 0.25) is 5.15 Å². The summed E-state index contributed by atoms with van der Waals surface area (Å²) < 4.78 is 0. The molecule has 0 aliphatic carbocycles. The Morgan fingerprint density at radius 1 is 1.24 bits per heavy atom. The molecule has 102 valence electrons. The number of nitro groups is 1. The first kappa shape index (κ1) is 14.4. The fourth-order valence-electron chi connectivity index (χ4n) is 1.94. The van der Waals surface area contributed by atoms with Crippen LogP contribution in [0.1, 0.15) is 22.7 Å². The van der Waals surface area contributed by atoms with Crippen LogP contribution in [0.5, 0.6) is 0 Å². The van der Waals surface area contributed by atoms with Crippen molar-refractivity contribution in [3.63, 3.8) is 0 Å². The molecule has 0 radical (unpaired) electrons. The van der Waals surface area contributed by atoms with Gasteiger partial charge in [-0.05, 0) is 17.7 Å². The zero-order valence-corrected chi connectivity index (χ0v) is 11.3. The first-order valence-corrected chi connectivity index (χ1v) is 6.15. The van der Waals surface area contributed by atoms with E-state index in [1.54, 1.807) is 18.2 Å². The van der Waals surface area contributed by atoms with Crippen LogP contribution < -0.4 is 0 Å². The lowest BCUT2D eigenvalue weighted by atomic mass is 9.92. The largest absolute Gasteiger partial charge is 0.292 e. The molecule has 1 aromatic heterocycles. The molecule has 0 aliphatic rings. The number of nitriles is 2. The van der Waals surface area contributed by atoms with E-state index in [9.17, 15) is 15.4 Å². The van der Waals surface area contributed by atoms with E-state index in [1.807, 2.05) is 12.1 Å². The zero-order valence-electron chi connectivity index (χ0n) is 10.5. The molecule has 21 heavy (non-hydrogen) atoms. The molecule has 0 N–H and O–H groups in total. The molecule has 2 rings (SSSR count). The van der Waals surface area contributed by atoms with Crippen LogP contribution >= 0.6 is 11.6 Å². The number of pyridine rings is 1. The molecule has 0 saturated heterocycles. The van der Waals surface area contributed by atoms with E-state index in [0.29, 0.717) is 5.56 Å². The number of halogens is 1. The number of hydrogen-bond donors (Lipinski definition) is 0. The second-order valence-corrected chi connectivity index (χ2v) is 4.44. The molecular weight excluding hydrogens is 292 g/mol. The molecule has 1 unspecified atom stereocenters. The molecule has 0 fully saturated rings. The number of benzene rings is 1. The average molecular weight is 299 g/mol. The summed E-state index contributed by atoms with van der Waals surface area (Å²) >= 11 is 5.78. The Labute approximate surface area is 125 Å². The molecule has 0 aliphatic heterocycles. The number of hydrogen-bond acceptors (Lipinski definition) is 5. The van der Waals surface area contributed by atoms with E-state index in [4.69, 9.17) is 16.9 Å². The van der Waals surface area contributed by atoms with Gasteiger partial charge in [0.1, 0.15) is 16.8 Å². The third-order valence-electron chi connectivity index (χ3n) is 2.86. The van der Waals surface area contributed by atoms with Gasteiger partial charge in [0, 0.05) is 6.07 Å². The smallest absolute Gasteiger partial charge is 0.258 e. The summed E-state index contributed by atoms with van der Waals surface area (Å²) in [6, 6.07) is 12.8. The Morgan fingerprint density at radius 3 is 2.57 bits per heavy atom. The summed E-state index contributed by atoms with van der Waals surface area (Å²) in [5.41, 5.74) is 0.247. The van der Waals surface area contributed by atoms with Gasteiger partial charge in [0.05, 0.1) is 22.6 Å². The van der Waals surface area contributed by atoms with Crippen LogP contribution in [0.3, 0.4) is 0 Å². The third-order valence-corrected chi connectivity index (χ3v) is 3.07. The van der Waals surface area contributed by atoms with Crippen molar-refractivity contribution in [2.24, 2.45) is 0 Å². The molecule has 1 heterocycles. The maximum absolute atomic E-state index is 11.1. The summed E-state index contributed by atoms with van der Waals surface area (Å²) in [6.07, 6.45) is 0. The standard InChI is InChI=1S/C14H7ClN4O2/c15-13-6-5-12(19(20)21)14(18-13)11(8-17)10-4-2-1-3-9(10)7-16/h1-6,11H. The van der Waals surface area contributed by atoms with E-state index in [0.717, 1.165) is 0 Å². The first-order valence-electron chi connectivity index (χ1n) is 5.78. The highest BCUT2D eigenvalue weighted by atomic mass is 35.5. The summed E-state index contributed by atoms with van der Waals surface area (Å²) in [7, 11) is 0. The highest BCUT2D eigenvalue weighted by Crippen LogP contribution is 2.32. The van der Waals surface area contributed by atoms with E-state index in [2.05, 4.69) is 4.98 Å². The lowest BCUT2D eigenvalue weighted by molar-refractivity contribution is -0.386. The SMILES string of the molecule is N#Cc1ccccc1C(C#N)c1nc(Cl)ccc1[N+](=O)[O-]. The summed E-state index contributed by atoms with van der Waals surface area (Å²) in [5.74, 6) is -1.04. The van der Waals surface area contributed by atoms with Gasteiger partial charge in [-0.2, -0.15) is 10.5 Å². The van der Waals surface area contributed by atoms with Crippen molar-refractivity contribution < 1.29 is 4.92 Å². The Hall–Kier alpha value is -2.96. The van der Waals surface area contributed by atoms with E-state index in [-0.39, 0.29) is 22.1 Å². The predicted octanol–water partition coefficient (Wildman–Crippen LogP) is 3.17. The molecule has 1 atom stereocenters. The minimum absolute atomic E-state index is 0.0466. The molecular formula is C14H7ClN4O2. The van der Waals surface area contributed by atoms with Crippen molar-refractivity contribution in [3.05, 3.63) is 68.5 Å². The highest BCUT2D eigenvalue weighted by Gasteiger charge is 2.27. The lowest BCUT2D eigenvalue weighted by Gasteiger charge is -2.11. The van der Waals surface area contributed by atoms with Crippen molar-refractivity contribution in [1.29, 1.82) is 10.5 Å². The number of aromatic nitrogens is 1. The molecule has 1 aromatic carbocycles. The Bertz CT molecular complexity index is 792. The topological polar surface area (TPSA) is 104 Å². The van der Waals surface area contributed by atoms with Crippen LogP contribution in [-0.4, -0.2) is 9.91 Å². The van der Waals surface area contributed by atoms with Gasteiger partial charge in [-0.1, -0.05) is 29.8 Å². The van der Waals surface area contributed by atoms with Crippen molar-refractivity contribution in [3.8, 4) is 12.1 Å². The van der Waals surface area contributed by atoms with Gasteiger partial charge in [0.25, 0.3) is 5.69 Å². The predicted molar refractivity (Wildman–Crippen MR) is 74.5 cm³/mol. The van der Waals surface area contributed by atoms with Gasteiger partial charge >= 0.3 is 0 Å². The third kappa shape index (κ3) is 2.81. The van der Waals surface area contributed by atoms with Crippen molar-refractivity contribution in [2.45, 2.75) is 5.92 Å². The first-order chi connectivity index (χ1) is 10.1. The normalized spacial score (nSPS) is 11.2. The maximum atomic E-state index is 11.1. The van der Waals surface area contributed by atoms with Gasteiger partial charge in [0.2, 0.25) is 0 Å². The van der Waals surface area contributed by atoms with Gasteiger partial charge < -0.3 is 0 Å². The quantitative estimate of drug-likeness (QED) is 0.492. The van der Waals surface area contributed by atoms with Gasteiger partial charge in [-0.3, -0.25) is 10.1 Å². The van der Waals surface area contributed by atoms with E-state index in [1.165, 1.54) is 18.2 Å². The van der Waals surface area contributed by atoms with Crippen LogP contribution in [-0.2, 0) is 0 Å². The van der Waals surface area contributed by atoms with Crippen LogP contribution in [0, 0.1) is 32.8 Å². The number of nitrogens with zero attached hydrogens (tertiary/aromatic N) is 4. The van der Waals surface area contributed by atoms with Crippen LogP contribution in [0.15, 0.2) is 36.4 Å². The molecule has 7 heteroatoms. The van der Waals surface area contributed by atoms with Gasteiger partial charge in [0.15, 0.2) is 0 Å². The molecule has 2 aromatic rings. The Balaban J connectivity index is 2.69. The van der Waals surface area contributed by atoms with Crippen LogP contribution in [0.25, 0.3) is 0 Å². The van der Waals surface area contributed by atoms with Crippen molar-refractivity contribution in [1.82, 2.24) is 4.98 Å². The summed E-state index contributed by atoms with van der Waals surface area (Å²) in [4.78, 5) is 14.4. The van der Waals surface area contributed by atoms with Crippen molar-refractivity contribution >= 4 is 17.3 Å². The zero-order chi connectivity index (χ0) is 15.4. The fourth-order valence-corrected chi connectivity index (χ4v) is 2.09. The highest BCUT2D eigenvalue weighted by molar-refractivity contribution is 6.29. The summed E-state index contributed by atoms with van der Waals surface area (Å²) in [5, 5.41) is 29.6. The molecule has 0 amide bonds. The Morgan fingerprint density at radius 2 is 1.95 bits per heavy atom. The maximum Gasteiger partial charge on any atom is 0.292 e. The summed E-state index contributed by atoms with van der Waals surface area (Å²) in [6.45, 7) is 0. The Kier molecular flexibility index (Phi) is 4.13. The molecule has 6 nitrogen and oxygen atoms in total. The van der Waals surface area contributed by atoms with E-state index < -0.39 is 10.8 Å². The average Bonchev–Trinajstić information content (AvgIpc) is 2.48. The minimum Gasteiger partial charge on any atom is -0.258 e. The molecule has 0 spiro atoms. The molecule has 0 bridgehead atoms. The second-order valence-electron chi connectivity index (χ2n) is 4.06. The fraction of sp³-hybridized carbons (Fsp3) is 0.0714. The second kappa shape index (κ2) is 6.00. The monoisotopic (exact) mass is 298 g/mol. The van der Waals surface area contributed by atoms with Gasteiger partial charge in [-0.25, -0.2) is 4.98 Å². The van der Waals surface area contributed by atoms with Crippen molar-refractivity contribution in [2.75, 3.05) is 0 Å². The van der Waals surface area contributed by atoms with E-state index >= 15 is 0 Å². The molecule has 0 saturated carbocycles. The lowest BCUT2D eigenvalue weighted by Crippen LogP contribution is -2.07. The number of rotatable bonds is 3.